The van der Waals surface area contributed by atoms with E-state index in [2.05, 4.69) is 44.1 Å². The molecule has 2 amide bonds. The van der Waals surface area contributed by atoms with Gasteiger partial charge in [0.1, 0.15) is 23.6 Å². The zero-order valence-electron chi connectivity index (χ0n) is 32.3. The topological polar surface area (TPSA) is 186 Å². The minimum absolute atomic E-state index is 0.0147. The molecule has 0 bridgehead atoms. The van der Waals surface area contributed by atoms with Gasteiger partial charge >= 0.3 is 0 Å². The molecule has 1 atom stereocenters. The number of ether oxygens (including phenoxy) is 2. The first-order valence-corrected chi connectivity index (χ1v) is 20.5. The number of rotatable bonds is 21. The first-order valence-electron chi connectivity index (χ1n) is 19.8. The molecule has 1 spiro atoms. The Morgan fingerprint density at radius 1 is 1.16 bits per heavy atom. The number of fused-ring (bicyclic) bond motifs is 1. The van der Waals surface area contributed by atoms with Gasteiger partial charge in [-0.2, -0.15) is 0 Å². The lowest BCUT2D eigenvalue weighted by molar-refractivity contribution is -0.156. The molecule has 1 aliphatic carbocycles. The van der Waals surface area contributed by atoms with E-state index in [0.717, 1.165) is 45.4 Å². The highest BCUT2D eigenvalue weighted by Gasteiger charge is 2.41. The molecule has 3 aliphatic heterocycles. The van der Waals surface area contributed by atoms with Crippen molar-refractivity contribution < 1.29 is 29.3 Å². The summed E-state index contributed by atoms with van der Waals surface area (Å²) in [7, 11) is 0. The van der Waals surface area contributed by atoms with Crippen LogP contribution in [0.15, 0.2) is 57.7 Å². The number of hydrogen-bond donors (Lipinski definition) is 4. The van der Waals surface area contributed by atoms with Gasteiger partial charge in [0.15, 0.2) is 0 Å². The third-order valence-electron chi connectivity index (χ3n) is 11.0. The maximum absolute atomic E-state index is 13.1. The van der Waals surface area contributed by atoms with Crippen LogP contribution in [-0.4, -0.2) is 127 Å². The van der Waals surface area contributed by atoms with E-state index in [9.17, 15) is 24.7 Å². The summed E-state index contributed by atoms with van der Waals surface area (Å²) >= 11 is 0.670. The predicted octanol–water partition coefficient (Wildman–Crippen LogP) is 3.81. The maximum atomic E-state index is 13.1. The zero-order chi connectivity index (χ0) is 39.5. The SMILES string of the molecule is CCN(CCNCC(O)c1ccc(O)c2c1N2SN=O)C(=O)CCOCCc1cccc(CN2CCC3(CC2)CN(C(=O)C(N)=CC=NCC2CC2)CCO3)c1. The number of aliphatic hydroxyl groups is 1. The fourth-order valence-corrected chi connectivity index (χ4v) is 8.01. The summed E-state index contributed by atoms with van der Waals surface area (Å²) < 4.78 is 16.5. The van der Waals surface area contributed by atoms with E-state index in [1.54, 1.807) is 23.3 Å². The van der Waals surface area contributed by atoms with Crippen molar-refractivity contribution in [3.8, 4) is 5.75 Å². The third kappa shape index (κ3) is 11.3. The number of piperidine rings is 1. The molecule has 3 heterocycles. The number of aliphatic imine (C=N–C) groups is 1. The third-order valence-corrected chi connectivity index (χ3v) is 11.6. The standard InChI is InChI=1S/C40H56N8O7S/c1-2-46(19-16-43-26-35(50)32-8-9-34(49)38-37(32)48(38)56-44-53)36(51)12-22-54-21-11-29-4-3-5-31(24-29)27-45-17-13-40(14-18-45)28-47(20-23-55-40)39(52)33(41)10-15-42-25-30-6-7-30/h3-5,8-10,15,24,30,35,43,49-50H,2,6-7,11-14,16-23,25-28,41H2,1H3. The molecule has 2 saturated heterocycles. The number of likely N-dealkylation sites (N-methyl/N-ethyl adjacent to an activating group) is 1. The number of nitroso groups, excluding NO2 is 1. The van der Waals surface area contributed by atoms with Gasteiger partial charge in [-0.3, -0.25) is 23.8 Å². The van der Waals surface area contributed by atoms with Gasteiger partial charge in [0.2, 0.25) is 5.91 Å². The van der Waals surface area contributed by atoms with Crippen LogP contribution in [0.5, 0.6) is 5.75 Å². The van der Waals surface area contributed by atoms with Crippen LogP contribution in [0.3, 0.4) is 0 Å². The number of aromatic hydroxyl groups is 1. The number of allylic oxidation sites excluding steroid dienone is 1. The Kier molecular flexibility index (Phi) is 14.8. The molecule has 0 aromatic heterocycles. The van der Waals surface area contributed by atoms with Gasteiger partial charge in [-0.15, -0.1) is 4.91 Å². The van der Waals surface area contributed by atoms with Crippen LogP contribution >= 0.6 is 12.1 Å². The van der Waals surface area contributed by atoms with Gasteiger partial charge in [0, 0.05) is 75.3 Å². The fourth-order valence-electron chi connectivity index (χ4n) is 7.45. The monoisotopic (exact) mass is 792 g/mol. The largest absolute Gasteiger partial charge is 0.506 e. The number of phenolic OH excluding ortho intramolecular Hbond substituents is 1. The molecule has 2 aromatic carbocycles. The Hall–Kier alpha value is -4.06. The Morgan fingerprint density at radius 2 is 1.96 bits per heavy atom. The second-order valence-electron chi connectivity index (χ2n) is 15.1. The second-order valence-corrected chi connectivity index (χ2v) is 15.7. The van der Waals surface area contributed by atoms with Crippen LogP contribution in [0.4, 0.5) is 11.4 Å². The minimum atomic E-state index is -0.850. The van der Waals surface area contributed by atoms with Crippen LogP contribution in [0, 0.1) is 10.8 Å². The van der Waals surface area contributed by atoms with Crippen LogP contribution in [0.25, 0.3) is 0 Å². The molecule has 0 radical (unpaired) electrons. The van der Waals surface area contributed by atoms with Crippen LogP contribution in [0.2, 0.25) is 0 Å². The summed E-state index contributed by atoms with van der Waals surface area (Å²) in [5.74, 6) is 0.607. The molecule has 15 nitrogen and oxygen atoms in total. The van der Waals surface area contributed by atoms with E-state index < -0.39 is 6.10 Å². The summed E-state index contributed by atoms with van der Waals surface area (Å²) in [5, 5.41) is 23.8. The molecular formula is C40H56N8O7S. The highest BCUT2D eigenvalue weighted by molar-refractivity contribution is 8.00. The maximum Gasteiger partial charge on any atom is 0.269 e. The molecular weight excluding hydrogens is 737 g/mol. The number of carbonyl (C=O) groups excluding carboxylic acids is 2. The zero-order valence-corrected chi connectivity index (χ0v) is 33.1. The van der Waals surface area contributed by atoms with E-state index in [1.165, 1.54) is 34.3 Å². The Bertz CT molecular complexity index is 1730. The number of nitrogens with two attached hydrogens (primary N) is 1. The van der Waals surface area contributed by atoms with Crippen molar-refractivity contribution in [2.24, 2.45) is 21.2 Å². The number of nitrogens with one attached hydrogen (secondary N) is 1. The molecule has 304 valence electrons. The van der Waals surface area contributed by atoms with Crippen LogP contribution in [-0.2, 0) is 32.0 Å². The number of phenols is 1. The van der Waals surface area contributed by atoms with Crippen molar-refractivity contribution >= 4 is 41.5 Å². The molecule has 6 rings (SSSR count). The van der Waals surface area contributed by atoms with Crippen molar-refractivity contribution in [1.82, 2.24) is 20.0 Å². The lowest BCUT2D eigenvalue weighted by atomic mass is 9.89. The summed E-state index contributed by atoms with van der Waals surface area (Å²) in [4.78, 5) is 47.0. The van der Waals surface area contributed by atoms with Crippen LogP contribution < -0.4 is 15.4 Å². The van der Waals surface area contributed by atoms with E-state index in [0.29, 0.717) is 94.0 Å². The van der Waals surface area contributed by atoms with E-state index >= 15 is 0 Å². The average Bonchev–Trinajstić information content (AvgIpc) is 4.15. The molecule has 4 aliphatic rings. The highest BCUT2D eigenvalue weighted by atomic mass is 32.2. The molecule has 5 N–H and O–H groups in total. The molecule has 1 unspecified atom stereocenters. The Balaban J connectivity index is 0.847. The van der Waals surface area contributed by atoms with Crippen molar-refractivity contribution in [1.29, 1.82) is 0 Å². The first kappa shape index (κ1) is 41.6. The number of hydrogen-bond acceptors (Lipinski definition) is 14. The second kappa shape index (κ2) is 19.9. The quantitative estimate of drug-likeness (QED) is 0.0359. The normalized spacial score (nSPS) is 18.6. The summed E-state index contributed by atoms with van der Waals surface area (Å²) in [6, 6.07) is 11.7. The first-order chi connectivity index (χ1) is 27.2. The van der Waals surface area contributed by atoms with Gasteiger partial charge in [0.25, 0.3) is 5.91 Å². The number of carbonyl (C=O) groups is 2. The van der Waals surface area contributed by atoms with Gasteiger partial charge in [0.05, 0.1) is 55.9 Å². The smallest absolute Gasteiger partial charge is 0.269 e. The summed E-state index contributed by atoms with van der Waals surface area (Å²) in [5.41, 5.74) is 10.2. The number of amides is 2. The minimum Gasteiger partial charge on any atom is -0.506 e. The summed E-state index contributed by atoms with van der Waals surface area (Å²) in [6.07, 6.45) is 7.68. The number of morpholine rings is 1. The predicted molar refractivity (Wildman–Crippen MR) is 217 cm³/mol. The van der Waals surface area contributed by atoms with Crippen LogP contribution in [0.1, 0.15) is 61.8 Å². The molecule has 16 heteroatoms. The summed E-state index contributed by atoms with van der Waals surface area (Å²) in [6.45, 7) is 9.65. The molecule has 1 saturated carbocycles. The Labute approximate surface area is 333 Å². The number of aliphatic hydroxyl groups excluding tert-OH is 1. The Morgan fingerprint density at radius 3 is 2.73 bits per heavy atom. The van der Waals surface area contributed by atoms with E-state index in [1.807, 2.05) is 11.8 Å². The number of benzene rings is 2. The lowest BCUT2D eigenvalue weighted by Crippen LogP contribution is -2.58. The number of anilines is 2. The van der Waals surface area contributed by atoms with E-state index in [-0.39, 0.29) is 35.4 Å². The average molecular weight is 793 g/mol. The van der Waals surface area contributed by atoms with Gasteiger partial charge in [-0.1, -0.05) is 30.3 Å². The molecule has 2 aromatic rings. The fraction of sp³-hybridized carbons (Fsp3) is 0.575. The molecule has 56 heavy (non-hydrogen) atoms. The number of likely N-dealkylation sites (tertiary alicyclic amines) is 1. The van der Waals surface area contributed by atoms with E-state index in [4.69, 9.17) is 15.2 Å². The number of nitrogens with zero attached hydrogens (tertiary/aromatic N) is 6. The van der Waals surface area contributed by atoms with Crippen molar-refractivity contribution in [2.45, 2.75) is 63.7 Å². The van der Waals surface area contributed by atoms with Crippen molar-refractivity contribution in [3.63, 3.8) is 0 Å². The van der Waals surface area contributed by atoms with Gasteiger partial charge in [-0.25, -0.2) is 0 Å². The lowest BCUT2D eigenvalue weighted by Gasteiger charge is -2.47. The van der Waals surface area contributed by atoms with Crippen molar-refractivity contribution in [2.75, 3.05) is 83.0 Å². The van der Waals surface area contributed by atoms with Gasteiger partial charge in [-0.05, 0) is 68.2 Å². The highest BCUT2D eigenvalue weighted by Crippen LogP contribution is 2.61. The van der Waals surface area contributed by atoms with Crippen molar-refractivity contribution in [3.05, 3.63) is 69.8 Å². The van der Waals surface area contributed by atoms with Gasteiger partial charge < -0.3 is 40.5 Å². The molecule has 3 fully saturated rings.